The zero-order valence-electron chi connectivity index (χ0n) is 15.2. The van der Waals surface area contributed by atoms with Crippen LogP contribution in [0.1, 0.15) is 27.5 Å². The van der Waals surface area contributed by atoms with Crippen LogP contribution in [0.4, 0.5) is 0 Å². The molecule has 4 aromatic rings. The van der Waals surface area contributed by atoms with Gasteiger partial charge in [-0.15, -0.1) is 0 Å². The summed E-state index contributed by atoms with van der Waals surface area (Å²) in [5.74, 6) is 6.94. The van der Waals surface area contributed by atoms with Crippen LogP contribution >= 0.6 is 0 Å². The molecule has 0 aliphatic carbocycles. The second-order valence-electron chi connectivity index (χ2n) is 6.76. The zero-order chi connectivity index (χ0) is 19.3. The van der Waals surface area contributed by atoms with Gasteiger partial charge in [-0.05, 0) is 41.0 Å². The van der Waals surface area contributed by atoms with Gasteiger partial charge in [-0.2, -0.15) is 0 Å². The first-order valence-electron chi connectivity index (χ1n) is 8.96. The van der Waals surface area contributed by atoms with Crippen LogP contribution in [0, 0.1) is 0 Å². The van der Waals surface area contributed by atoms with Crippen LogP contribution in [0.5, 0.6) is 5.75 Å². The number of rotatable bonds is 2. The number of H-pyrrole nitrogens is 1. The molecule has 1 unspecified atom stereocenters. The van der Waals surface area contributed by atoms with E-state index in [2.05, 4.69) is 9.97 Å². The van der Waals surface area contributed by atoms with Crippen LogP contribution in [-0.4, -0.2) is 28.0 Å². The SMILES string of the molecule is COc1ccc(C2c3c[nH]c4nccc(c34)-c3ccccc3C(=O)N2N)cc1. The Hall–Kier alpha value is -3.64. The number of hydrazine groups is 1. The van der Waals surface area contributed by atoms with E-state index in [9.17, 15) is 4.79 Å². The van der Waals surface area contributed by atoms with Gasteiger partial charge in [-0.3, -0.25) is 9.80 Å². The lowest BCUT2D eigenvalue weighted by Crippen LogP contribution is -2.41. The molecule has 0 bridgehead atoms. The Morgan fingerprint density at radius 1 is 1.04 bits per heavy atom. The number of benzene rings is 2. The molecule has 1 amide bonds. The van der Waals surface area contributed by atoms with Crippen LogP contribution in [0.15, 0.2) is 67.0 Å². The maximum Gasteiger partial charge on any atom is 0.269 e. The number of amides is 1. The average molecular weight is 370 g/mol. The Bertz CT molecular complexity index is 1200. The molecule has 0 spiro atoms. The van der Waals surface area contributed by atoms with E-state index >= 15 is 0 Å². The van der Waals surface area contributed by atoms with Crippen molar-refractivity contribution < 1.29 is 9.53 Å². The summed E-state index contributed by atoms with van der Waals surface area (Å²) >= 11 is 0. The molecule has 6 nitrogen and oxygen atoms in total. The maximum atomic E-state index is 13.3. The van der Waals surface area contributed by atoms with E-state index in [1.54, 1.807) is 13.3 Å². The molecular weight excluding hydrogens is 352 g/mol. The van der Waals surface area contributed by atoms with Crippen molar-refractivity contribution in [1.29, 1.82) is 0 Å². The summed E-state index contributed by atoms with van der Waals surface area (Å²) in [5, 5.41) is 2.28. The first-order valence-corrected chi connectivity index (χ1v) is 8.96. The van der Waals surface area contributed by atoms with Gasteiger partial charge in [-0.25, -0.2) is 10.8 Å². The molecule has 1 atom stereocenters. The highest BCUT2D eigenvalue weighted by Gasteiger charge is 2.32. The molecule has 28 heavy (non-hydrogen) atoms. The summed E-state index contributed by atoms with van der Waals surface area (Å²) in [6.07, 6.45) is 3.64. The highest BCUT2D eigenvalue weighted by Crippen LogP contribution is 2.41. The van der Waals surface area contributed by atoms with Crippen molar-refractivity contribution in [2.24, 2.45) is 5.84 Å². The van der Waals surface area contributed by atoms with Crippen LogP contribution < -0.4 is 10.6 Å². The van der Waals surface area contributed by atoms with Gasteiger partial charge in [0.05, 0.1) is 7.11 Å². The molecule has 1 aliphatic heterocycles. The van der Waals surface area contributed by atoms with Crippen molar-refractivity contribution in [3.8, 4) is 16.9 Å². The van der Waals surface area contributed by atoms with Gasteiger partial charge in [0.25, 0.3) is 5.91 Å². The molecule has 0 fully saturated rings. The Labute approximate surface area is 161 Å². The lowest BCUT2D eigenvalue weighted by Gasteiger charge is -2.31. The smallest absolute Gasteiger partial charge is 0.269 e. The number of fused-ring (bicyclic) bond motifs is 2. The summed E-state index contributed by atoms with van der Waals surface area (Å²) < 4.78 is 5.27. The minimum Gasteiger partial charge on any atom is -0.497 e. The quantitative estimate of drug-likeness (QED) is 0.417. The number of ether oxygens (including phenoxy) is 1. The number of nitrogens with one attached hydrogen (secondary N) is 1. The molecule has 3 N–H and O–H groups in total. The number of carbonyl (C=O) groups is 1. The minimum atomic E-state index is -0.455. The van der Waals surface area contributed by atoms with Crippen LogP contribution in [0.3, 0.4) is 0 Å². The van der Waals surface area contributed by atoms with Gasteiger partial charge < -0.3 is 9.72 Å². The molecule has 5 rings (SSSR count). The summed E-state index contributed by atoms with van der Waals surface area (Å²) in [4.78, 5) is 21.0. The first kappa shape index (κ1) is 16.5. The summed E-state index contributed by atoms with van der Waals surface area (Å²) in [7, 11) is 1.62. The third-order valence-electron chi connectivity index (χ3n) is 5.29. The van der Waals surface area contributed by atoms with Gasteiger partial charge in [0.2, 0.25) is 0 Å². The second-order valence-corrected chi connectivity index (χ2v) is 6.76. The summed E-state index contributed by atoms with van der Waals surface area (Å²) in [6, 6.07) is 16.6. The minimum absolute atomic E-state index is 0.228. The molecule has 6 heteroatoms. The Morgan fingerprint density at radius 3 is 2.54 bits per heavy atom. The third kappa shape index (κ3) is 2.32. The van der Waals surface area contributed by atoms with E-state index in [0.717, 1.165) is 39.0 Å². The number of hydrogen-bond donors (Lipinski definition) is 2. The number of nitrogens with two attached hydrogens (primary N) is 1. The monoisotopic (exact) mass is 370 g/mol. The molecule has 2 aromatic carbocycles. The van der Waals surface area contributed by atoms with Crippen molar-refractivity contribution in [2.45, 2.75) is 6.04 Å². The van der Waals surface area contributed by atoms with Crippen molar-refractivity contribution in [3.63, 3.8) is 0 Å². The van der Waals surface area contributed by atoms with Crippen LogP contribution in [-0.2, 0) is 0 Å². The number of carbonyl (C=O) groups excluding carboxylic acids is 1. The number of nitrogens with zero attached hydrogens (tertiary/aromatic N) is 2. The Morgan fingerprint density at radius 2 is 1.79 bits per heavy atom. The molecule has 0 saturated carbocycles. The van der Waals surface area contributed by atoms with E-state index in [1.165, 1.54) is 5.01 Å². The lowest BCUT2D eigenvalue weighted by molar-refractivity contribution is 0.0707. The summed E-state index contributed by atoms with van der Waals surface area (Å²) in [5.41, 5.74) is 4.97. The molecule has 138 valence electrons. The number of hydrogen-bond acceptors (Lipinski definition) is 4. The molecule has 1 aliphatic rings. The van der Waals surface area contributed by atoms with E-state index in [4.69, 9.17) is 10.6 Å². The predicted molar refractivity (Wildman–Crippen MR) is 107 cm³/mol. The third-order valence-corrected chi connectivity index (χ3v) is 5.29. The fraction of sp³-hybridized carbons (Fsp3) is 0.0909. The number of methoxy groups -OCH3 is 1. The van der Waals surface area contributed by atoms with Gasteiger partial charge >= 0.3 is 0 Å². The van der Waals surface area contributed by atoms with E-state index < -0.39 is 6.04 Å². The molecule has 3 heterocycles. The largest absolute Gasteiger partial charge is 0.497 e. The molecule has 2 aromatic heterocycles. The second kappa shape index (κ2) is 6.21. The normalized spacial score (nSPS) is 15.9. The molecule has 0 radical (unpaired) electrons. The lowest BCUT2D eigenvalue weighted by atomic mass is 9.89. The van der Waals surface area contributed by atoms with Crippen molar-refractivity contribution in [2.75, 3.05) is 7.11 Å². The standard InChI is InChI=1S/C22H18N4O2/c1-28-14-8-6-13(7-9-14)20-18-12-25-21-19(18)16(10-11-24-21)15-4-2-3-5-17(15)22(27)26(20)23/h2-12,20H,23H2,1H3,(H,24,25). The van der Waals surface area contributed by atoms with Gasteiger partial charge in [0, 0.05) is 28.9 Å². The van der Waals surface area contributed by atoms with Gasteiger partial charge in [0.1, 0.15) is 17.4 Å². The molecular formula is C22H18N4O2. The highest BCUT2D eigenvalue weighted by molar-refractivity contribution is 6.07. The van der Waals surface area contributed by atoms with Crippen molar-refractivity contribution in [3.05, 3.63) is 83.7 Å². The zero-order valence-corrected chi connectivity index (χ0v) is 15.2. The fourth-order valence-corrected chi connectivity index (χ4v) is 3.96. The number of aromatic amines is 1. The first-order chi connectivity index (χ1) is 13.7. The van der Waals surface area contributed by atoms with Crippen LogP contribution in [0.2, 0.25) is 0 Å². The van der Waals surface area contributed by atoms with E-state index in [0.29, 0.717) is 5.56 Å². The highest BCUT2D eigenvalue weighted by atomic mass is 16.5. The average Bonchev–Trinajstić information content (AvgIpc) is 3.17. The van der Waals surface area contributed by atoms with E-state index in [-0.39, 0.29) is 5.91 Å². The Kier molecular flexibility index (Phi) is 3.67. The predicted octanol–water partition coefficient (Wildman–Crippen LogP) is 3.66. The van der Waals surface area contributed by atoms with Gasteiger partial charge in [0.15, 0.2) is 0 Å². The number of aromatic nitrogens is 2. The van der Waals surface area contributed by atoms with Crippen molar-refractivity contribution >= 4 is 16.9 Å². The fourth-order valence-electron chi connectivity index (χ4n) is 3.96. The Balaban J connectivity index is 1.83. The van der Waals surface area contributed by atoms with Crippen molar-refractivity contribution in [1.82, 2.24) is 15.0 Å². The van der Waals surface area contributed by atoms with Crippen LogP contribution in [0.25, 0.3) is 22.2 Å². The summed E-state index contributed by atoms with van der Waals surface area (Å²) in [6.45, 7) is 0. The van der Waals surface area contributed by atoms with Gasteiger partial charge in [-0.1, -0.05) is 30.3 Å². The maximum absolute atomic E-state index is 13.3. The number of pyridine rings is 1. The molecule has 0 saturated heterocycles. The topological polar surface area (TPSA) is 84.2 Å². The van der Waals surface area contributed by atoms with E-state index in [1.807, 2.05) is 60.8 Å².